The average molecular weight is 285 g/mol. The molecule has 6 heteroatoms. The summed E-state index contributed by atoms with van der Waals surface area (Å²) in [5.74, 6) is 1.20. The van der Waals surface area contributed by atoms with Crippen molar-refractivity contribution < 1.29 is 14.3 Å². The number of hydrogen-bond donors (Lipinski definition) is 2. The van der Waals surface area contributed by atoms with Crippen LogP contribution >= 0.6 is 12.4 Å². The number of methoxy groups -OCH3 is 1. The zero-order valence-corrected chi connectivity index (χ0v) is 11.5. The molecule has 2 rings (SSSR count). The van der Waals surface area contributed by atoms with Gasteiger partial charge in [-0.25, -0.2) is 0 Å². The molecule has 0 bridgehead atoms. The van der Waals surface area contributed by atoms with E-state index in [-0.39, 0.29) is 24.9 Å². The molecule has 0 saturated carbocycles. The second-order valence-corrected chi connectivity index (χ2v) is 3.88. The molecule has 0 aromatic heterocycles. The van der Waals surface area contributed by atoms with Crippen molar-refractivity contribution in [1.82, 2.24) is 5.32 Å². The fourth-order valence-corrected chi connectivity index (χ4v) is 1.77. The zero-order valence-electron chi connectivity index (χ0n) is 10.6. The van der Waals surface area contributed by atoms with Gasteiger partial charge < -0.3 is 20.5 Å². The lowest BCUT2D eigenvalue weighted by molar-refractivity contribution is -0.117. The van der Waals surface area contributed by atoms with Crippen LogP contribution in [-0.4, -0.2) is 32.7 Å². The zero-order chi connectivity index (χ0) is 13.0. The number of amides is 1. The van der Waals surface area contributed by atoms with E-state index in [2.05, 4.69) is 5.32 Å². The van der Waals surface area contributed by atoms with E-state index >= 15 is 0 Å². The average Bonchev–Trinajstić information content (AvgIpc) is 2.43. The third-order valence-electron chi connectivity index (χ3n) is 2.65. The van der Waals surface area contributed by atoms with Gasteiger partial charge in [-0.15, -0.1) is 12.4 Å². The highest BCUT2D eigenvalue weighted by Crippen LogP contribution is 2.35. The molecule has 1 aromatic rings. The lowest BCUT2D eigenvalue weighted by atomic mass is 10.1. The minimum absolute atomic E-state index is 0. The van der Waals surface area contributed by atoms with Gasteiger partial charge in [-0.05, 0) is 12.1 Å². The third-order valence-corrected chi connectivity index (χ3v) is 2.65. The largest absolute Gasteiger partial charge is 0.493 e. The molecule has 19 heavy (non-hydrogen) atoms. The molecule has 1 heterocycles. The first-order chi connectivity index (χ1) is 8.76. The molecule has 0 unspecified atom stereocenters. The van der Waals surface area contributed by atoms with E-state index in [4.69, 9.17) is 15.2 Å². The predicted molar refractivity (Wildman–Crippen MR) is 75.8 cm³/mol. The second kappa shape index (κ2) is 7.01. The Morgan fingerprint density at radius 1 is 1.53 bits per heavy atom. The number of benzene rings is 1. The van der Waals surface area contributed by atoms with E-state index < -0.39 is 0 Å². The molecule has 1 aliphatic heterocycles. The first-order valence-corrected chi connectivity index (χ1v) is 5.75. The number of para-hydroxylation sites is 1. The van der Waals surface area contributed by atoms with E-state index in [0.29, 0.717) is 30.2 Å². The summed E-state index contributed by atoms with van der Waals surface area (Å²) < 4.78 is 10.8. The van der Waals surface area contributed by atoms with Crippen LogP contribution in [0.25, 0.3) is 6.08 Å². The van der Waals surface area contributed by atoms with Crippen molar-refractivity contribution in [3.63, 3.8) is 0 Å². The standard InChI is InChI=1S/C13H16N2O3.ClH/c1-17-11-4-2-3-9-7-10(8-18-12(9)11)13(16)15-6-5-14;/h2-4,7H,5-6,8,14H2,1H3,(H,15,16);1H. The molecule has 5 nitrogen and oxygen atoms in total. The minimum Gasteiger partial charge on any atom is -0.493 e. The van der Waals surface area contributed by atoms with Gasteiger partial charge in [0.2, 0.25) is 0 Å². The third kappa shape index (κ3) is 3.39. The van der Waals surface area contributed by atoms with Crippen molar-refractivity contribution >= 4 is 24.4 Å². The molecule has 1 aromatic carbocycles. The van der Waals surface area contributed by atoms with Crippen LogP contribution in [0.5, 0.6) is 11.5 Å². The van der Waals surface area contributed by atoms with Gasteiger partial charge in [-0.2, -0.15) is 0 Å². The van der Waals surface area contributed by atoms with Crippen molar-refractivity contribution in [3.8, 4) is 11.5 Å². The Balaban J connectivity index is 0.00000180. The summed E-state index contributed by atoms with van der Waals surface area (Å²) in [5, 5.41) is 2.72. The van der Waals surface area contributed by atoms with Crippen LogP contribution in [0.1, 0.15) is 5.56 Å². The van der Waals surface area contributed by atoms with E-state index in [1.165, 1.54) is 0 Å². The van der Waals surface area contributed by atoms with Gasteiger partial charge in [0.15, 0.2) is 11.5 Å². The smallest absolute Gasteiger partial charge is 0.250 e. The first kappa shape index (κ1) is 15.3. The number of nitrogens with one attached hydrogen (secondary N) is 1. The molecule has 104 valence electrons. The van der Waals surface area contributed by atoms with Crippen LogP contribution in [-0.2, 0) is 4.79 Å². The number of hydrogen-bond acceptors (Lipinski definition) is 4. The van der Waals surface area contributed by atoms with Crippen LogP contribution in [0.2, 0.25) is 0 Å². The highest BCUT2D eigenvalue weighted by molar-refractivity contribution is 5.99. The SMILES string of the molecule is COc1cccc2c1OCC(C(=O)NCCN)=C2.Cl. The Bertz CT molecular complexity index is 489. The minimum atomic E-state index is -0.145. The summed E-state index contributed by atoms with van der Waals surface area (Å²) in [7, 11) is 1.59. The number of ether oxygens (including phenoxy) is 2. The molecule has 3 N–H and O–H groups in total. The van der Waals surface area contributed by atoms with Crippen LogP contribution in [0.3, 0.4) is 0 Å². The van der Waals surface area contributed by atoms with E-state index in [1.807, 2.05) is 24.3 Å². The maximum Gasteiger partial charge on any atom is 0.250 e. The van der Waals surface area contributed by atoms with Gasteiger partial charge in [-0.1, -0.05) is 12.1 Å². The molecular weight excluding hydrogens is 268 g/mol. The maximum atomic E-state index is 11.8. The highest BCUT2D eigenvalue weighted by Gasteiger charge is 2.19. The van der Waals surface area contributed by atoms with Gasteiger partial charge in [0, 0.05) is 18.7 Å². The summed E-state index contributed by atoms with van der Waals surface area (Å²) in [5.41, 5.74) is 6.77. The second-order valence-electron chi connectivity index (χ2n) is 3.88. The fraction of sp³-hybridized carbons (Fsp3) is 0.308. The van der Waals surface area contributed by atoms with Crippen LogP contribution < -0.4 is 20.5 Å². The predicted octanol–water partition coefficient (Wildman–Crippen LogP) is 0.968. The fourth-order valence-electron chi connectivity index (χ4n) is 1.77. The van der Waals surface area contributed by atoms with E-state index in [0.717, 1.165) is 5.56 Å². The van der Waals surface area contributed by atoms with Gasteiger partial charge in [0.05, 0.1) is 12.7 Å². The van der Waals surface area contributed by atoms with Gasteiger partial charge in [0.1, 0.15) is 6.61 Å². The van der Waals surface area contributed by atoms with Gasteiger partial charge >= 0.3 is 0 Å². The molecule has 0 saturated heterocycles. The Hall–Kier alpha value is -1.72. The van der Waals surface area contributed by atoms with E-state index in [1.54, 1.807) is 7.11 Å². The summed E-state index contributed by atoms with van der Waals surface area (Å²) in [6.07, 6.45) is 1.81. The number of nitrogens with two attached hydrogens (primary N) is 1. The topological polar surface area (TPSA) is 73.6 Å². The quantitative estimate of drug-likeness (QED) is 0.864. The molecule has 0 radical (unpaired) electrons. The molecule has 1 aliphatic rings. The van der Waals surface area contributed by atoms with Crippen molar-refractivity contribution in [2.45, 2.75) is 0 Å². The highest BCUT2D eigenvalue weighted by atomic mass is 35.5. The van der Waals surface area contributed by atoms with Gasteiger partial charge in [-0.3, -0.25) is 4.79 Å². The summed E-state index contributed by atoms with van der Waals surface area (Å²) in [6.45, 7) is 1.12. The van der Waals surface area contributed by atoms with Crippen molar-refractivity contribution in [2.24, 2.45) is 5.73 Å². The Kier molecular flexibility index (Phi) is 5.66. The molecular formula is C13H17ClN2O3. The van der Waals surface area contributed by atoms with Crippen molar-refractivity contribution in [2.75, 3.05) is 26.8 Å². The van der Waals surface area contributed by atoms with Crippen LogP contribution in [0.15, 0.2) is 23.8 Å². The molecule has 0 spiro atoms. The Labute approximate surface area is 118 Å². The van der Waals surface area contributed by atoms with Gasteiger partial charge in [0.25, 0.3) is 5.91 Å². The first-order valence-electron chi connectivity index (χ1n) is 5.75. The normalized spacial score (nSPS) is 12.4. The molecule has 0 fully saturated rings. The molecule has 0 atom stereocenters. The van der Waals surface area contributed by atoms with Crippen molar-refractivity contribution in [1.29, 1.82) is 0 Å². The number of halogens is 1. The number of rotatable bonds is 4. The van der Waals surface area contributed by atoms with Crippen molar-refractivity contribution in [3.05, 3.63) is 29.3 Å². The van der Waals surface area contributed by atoms with Crippen LogP contribution in [0.4, 0.5) is 0 Å². The summed E-state index contributed by atoms with van der Waals surface area (Å²) >= 11 is 0. The lowest BCUT2D eigenvalue weighted by Crippen LogP contribution is -2.32. The monoisotopic (exact) mass is 284 g/mol. The summed E-state index contributed by atoms with van der Waals surface area (Å²) in [4.78, 5) is 11.8. The Morgan fingerprint density at radius 3 is 3.00 bits per heavy atom. The molecule has 1 amide bonds. The Morgan fingerprint density at radius 2 is 2.32 bits per heavy atom. The number of carbonyl (C=O) groups is 1. The number of fused-ring (bicyclic) bond motifs is 1. The maximum absolute atomic E-state index is 11.8. The number of carbonyl (C=O) groups excluding carboxylic acids is 1. The summed E-state index contributed by atoms with van der Waals surface area (Å²) in [6, 6.07) is 5.57. The molecule has 0 aliphatic carbocycles. The lowest BCUT2D eigenvalue weighted by Gasteiger charge is -2.19. The van der Waals surface area contributed by atoms with Crippen LogP contribution in [0, 0.1) is 0 Å². The van der Waals surface area contributed by atoms with E-state index in [9.17, 15) is 4.79 Å².